The van der Waals surface area contributed by atoms with Crippen LogP contribution in [0.5, 0.6) is 0 Å². The van der Waals surface area contributed by atoms with Gasteiger partial charge in [-0.2, -0.15) is 9.97 Å². The van der Waals surface area contributed by atoms with E-state index in [4.69, 9.17) is 21.9 Å². The Morgan fingerprint density at radius 3 is 2.77 bits per heavy atom. The number of nitrogens with zero attached hydrogens (tertiary/aromatic N) is 5. The predicted octanol–water partition coefficient (Wildman–Crippen LogP) is 2.87. The number of rotatable bonds is 3. The molecule has 3 rings (SSSR count). The van der Waals surface area contributed by atoms with Gasteiger partial charge in [-0.25, -0.2) is 4.98 Å². The third-order valence-corrected chi connectivity index (χ3v) is 4.24. The van der Waals surface area contributed by atoms with Crippen LogP contribution in [0.4, 0.5) is 11.8 Å². The van der Waals surface area contributed by atoms with Gasteiger partial charge in [0.1, 0.15) is 11.1 Å². The normalized spacial score (nSPS) is 18.4. The van der Waals surface area contributed by atoms with Gasteiger partial charge >= 0.3 is 0 Å². The number of aryl methyl sites for hydroxylation is 1. The van der Waals surface area contributed by atoms with Gasteiger partial charge < -0.3 is 15.2 Å². The molecule has 0 saturated carbocycles. The van der Waals surface area contributed by atoms with Gasteiger partial charge in [-0.15, -0.1) is 0 Å². The van der Waals surface area contributed by atoms with Crippen LogP contribution in [0.2, 0.25) is 5.02 Å². The molecule has 1 fully saturated rings. The van der Waals surface area contributed by atoms with Crippen LogP contribution in [-0.2, 0) is 0 Å². The second-order valence-electron chi connectivity index (χ2n) is 5.80. The highest BCUT2D eigenvalue weighted by Crippen LogP contribution is 2.38. The van der Waals surface area contributed by atoms with E-state index < -0.39 is 0 Å². The molecule has 2 aromatic rings. The molecule has 0 aromatic carbocycles. The average Bonchev–Trinajstić information content (AvgIpc) is 3.10. The lowest BCUT2D eigenvalue weighted by atomic mass is 10.2. The van der Waals surface area contributed by atoms with Crippen LogP contribution in [0, 0.1) is 6.92 Å². The highest BCUT2D eigenvalue weighted by Gasteiger charge is 2.33. The Labute approximate surface area is 133 Å². The summed E-state index contributed by atoms with van der Waals surface area (Å²) in [5.41, 5.74) is 6.43. The quantitative estimate of drug-likeness (QED) is 0.928. The maximum atomic E-state index is 6.36. The topological polar surface area (TPSA) is 94.0 Å². The Kier molecular flexibility index (Phi) is 3.90. The minimum absolute atomic E-state index is 0.0220. The zero-order valence-corrected chi connectivity index (χ0v) is 13.6. The first-order valence-corrected chi connectivity index (χ1v) is 7.75. The molecular formula is C14H19ClN6O. The standard InChI is InChI=1S/C14H19ClN6O/c1-7(2)11-18-13(22-20-11)9-5-4-6-21(9)12-10(15)8(3)17-14(16)19-12/h7,9H,4-6H2,1-3H3,(H2,16,17,19)/t9-/m0/s1. The van der Waals surface area contributed by atoms with E-state index in [-0.39, 0.29) is 17.9 Å². The molecule has 3 heterocycles. The Bertz CT molecular complexity index is 686. The molecule has 7 nitrogen and oxygen atoms in total. The van der Waals surface area contributed by atoms with Crippen molar-refractivity contribution in [3.05, 3.63) is 22.4 Å². The lowest BCUT2D eigenvalue weighted by Gasteiger charge is -2.24. The molecule has 2 aromatic heterocycles. The van der Waals surface area contributed by atoms with E-state index in [1.54, 1.807) is 0 Å². The SMILES string of the molecule is Cc1nc(N)nc(N2CCC[C@H]2c2nc(C(C)C)no2)c1Cl. The fourth-order valence-corrected chi connectivity index (χ4v) is 2.84. The Morgan fingerprint density at radius 2 is 2.09 bits per heavy atom. The second kappa shape index (κ2) is 5.72. The minimum Gasteiger partial charge on any atom is -0.368 e. The largest absolute Gasteiger partial charge is 0.368 e. The summed E-state index contributed by atoms with van der Waals surface area (Å²) in [6.07, 6.45) is 1.92. The van der Waals surface area contributed by atoms with Crippen LogP contribution in [0.25, 0.3) is 0 Å². The molecule has 0 aliphatic carbocycles. The van der Waals surface area contributed by atoms with Crippen LogP contribution in [0.15, 0.2) is 4.52 Å². The summed E-state index contributed by atoms with van der Waals surface area (Å²) in [5.74, 6) is 2.40. The van der Waals surface area contributed by atoms with Crippen LogP contribution in [0.1, 0.15) is 56.1 Å². The van der Waals surface area contributed by atoms with Crippen molar-refractivity contribution in [3.63, 3.8) is 0 Å². The number of hydrogen-bond acceptors (Lipinski definition) is 7. The summed E-state index contributed by atoms with van der Waals surface area (Å²) >= 11 is 6.36. The fourth-order valence-electron chi connectivity index (χ4n) is 2.65. The minimum atomic E-state index is -0.0220. The molecule has 2 N–H and O–H groups in total. The van der Waals surface area contributed by atoms with Gasteiger partial charge in [-0.1, -0.05) is 30.6 Å². The van der Waals surface area contributed by atoms with E-state index in [1.165, 1.54) is 0 Å². The number of anilines is 2. The number of hydrogen-bond donors (Lipinski definition) is 1. The Balaban J connectivity index is 1.96. The van der Waals surface area contributed by atoms with E-state index in [0.29, 0.717) is 28.2 Å². The highest BCUT2D eigenvalue weighted by molar-refractivity contribution is 6.33. The Morgan fingerprint density at radius 1 is 1.32 bits per heavy atom. The van der Waals surface area contributed by atoms with Crippen molar-refractivity contribution >= 4 is 23.4 Å². The third kappa shape index (κ3) is 2.61. The molecule has 1 saturated heterocycles. The summed E-state index contributed by atoms with van der Waals surface area (Å²) < 4.78 is 5.44. The van der Waals surface area contributed by atoms with Crippen LogP contribution in [0.3, 0.4) is 0 Å². The van der Waals surface area contributed by atoms with E-state index >= 15 is 0 Å². The molecule has 1 aliphatic heterocycles. The van der Waals surface area contributed by atoms with E-state index in [1.807, 2.05) is 20.8 Å². The number of nitrogen functional groups attached to an aromatic ring is 1. The molecule has 1 aliphatic rings. The molecule has 8 heteroatoms. The van der Waals surface area contributed by atoms with Crippen molar-refractivity contribution in [1.82, 2.24) is 20.1 Å². The first-order chi connectivity index (χ1) is 10.5. The maximum absolute atomic E-state index is 6.36. The van der Waals surface area contributed by atoms with Crippen molar-refractivity contribution < 1.29 is 4.52 Å². The van der Waals surface area contributed by atoms with Gasteiger partial charge in [-0.05, 0) is 19.8 Å². The van der Waals surface area contributed by atoms with E-state index in [2.05, 4.69) is 25.0 Å². The summed E-state index contributed by atoms with van der Waals surface area (Å²) in [7, 11) is 0. The second-order valence-corrected chi connectivity index (χ2v) is 6.18. The Hall–Kier alpha value is -1.89. The van der Waals surface area contributed by atoms with Crippen molar-refractivity contribution in [1.29, 1.82) is 0 Å². The van der Waals surface area contributed by atoms with Crippen molar-refractivity contribution in [2.75, 3.05) is 17.2 Å². The van der Waals surface area contributed by atoms with E-state index in [0.717, 1.165) is 19.4 Å². The summed E-state index contributed by atoms with van der Waals surface area (Å²) in [4.78, 5) is 15.0. The molecule has 0 bridgehead atoms. The van der Waals surface area contributed by atoms with Gasteiger partial charge in [0.25, 0.3) is 0 Å². The summed E-state index contributed by atoms with van der Waals surface area (Å²) in [6.45, 7) is 6.71. The monoisotopic (exact) mass is 322 g/mol. The van der Waals surface area contributed by atoms with Crippen LogP contribution in [-0.4, -0.2) is 26.7 Å². The molecule has 118 valence electrons. The molecule has 22 heavy (non-hydrogen) atoms. The zero-order chi connectivity index (χ0) is 15.9. The smallest absolute Gasteiger partial charge is 0.249 e. The third-order valence-electron chi connectivity index (χ3n) is 3.80. The molecule has 1 atom stereocenters. The predicted molar refractivity (Wildman–Crippen MR) is 83.9 cm³/mol. The maximum Gasteiger partial charge on any atom is 0.249 e. The molecule has 0 unspecified atom stereocenters. The highest BCUT2D eigenvalue weighted by atomic mass is 35.5. The summed E-state index contributed by atoms with van der Waals surface area (Å²) in [6, 6.07) is -0.0220. The van der Waals surface area contributed by atoms with Gasteiger partial charge in [0.15, 0.2) is 11.6 Å². The zero-order valence-electron chi connectivity index (χ0n) is 12.9. The number of halogens is 1. The van der Waals surface area contributed by atoms with Gasteiger partial charge in [0.05, 0.1) is 5.69 Å². The number of nitrogens with two attached hydrogens (primary N) is 1. The lowest BCUT2D eigenvalue weighted by Crippen LogP contribution is -2.25. The fraction of sp³-hybridized carbons (Fsp3) is 0.571. The van der Waals surface area contributed by atoms with Gasteiger partial charge in [-0.3, -0.25) is 0 Å². The molecule has 0 spiro atoms. The lowest BCUT2D eigenvalue weighted by molar-refractivity contribution is 0.349. The first-order valence-electron chi connectivity index (χ1n) is 7.37. The van der Waals surface area contributed by atoms with Crippen molar-refractivity contribution in [2.24, 2.45) is 0 Å². The number of aromatic nitrogens is 4. The molecule has 0 amide bonds. The van der Waals surface area contributed by atoms with Crippen molar-refractivity contribution in [2.45, 2.75) is 45.6 Å². The van der Waals surface area contributed by atoms with Gasteiger partial charge in [0, 0.05) is 12.5 Å². The van der Waals surface area contributed by atoms with Crippen LogP contribution >= 0.6 is 11.6 Å². The first kappa shape index (κ1) is 15.0. The van der Waals surface area contributed by atoms with Crippen molar-refractivity contribution in [3.8, 4) is 0 Å². The summed E-state index contributed by atoms with van der Waals surface area (Å²) in [5, 5.41) is 4.56. The van der Waals surface area contributed by atoms with E-state index in [9.17, 15) is 0 Å². The molecular weight excluding hydrogens is 304 g/mol. The molecule has 0 radical (unpaired) electrons. The average molecular weight is 323 g/mol. The van der Waals surface area contributed by atoms with Crippen LogP contribution < -0.4 is 10.6 Å². The van der Waals surface area contributed by atoms with Gasteiger partial charge in [0.2, 0.25) is 11.8 Å².